The number of aromatic nitrogens is 4. The van der Waals surface area contributed by atoms with Crippen molar-refractivity contribution in [2.75, 3.05) is 0 Å². The smallest absolute Gasteiger partial charge is 0.266 e. The molecule has 0 aliphatic rings. The summed E-state index contributed by atoms with van der Waals surface area (Å²) in [5, 5.41) is 7.87. The van der Waals surface area contributed by atoms with Crippen molar-refractivity contribution >= 4 is 0 Å². The van der Waals surface area contributed by atoms with Crippen LogP contribution in [0.15, 0.2) is 49.2 Å². The van der Waals surface area contributed by atoms with E-state index in [1.54, 1.807) is 24.8 Å². The normalized spacial score (nSPS) is 11.1. The van der Waals surface area contributed by atoms with Crippen LogP contribution in [0.3, 0.4) is 0 Å². The molecule has 7 heteroatoms. The van der Waals surface area contributed by atoms with Crippen LogP contribution in [0.5, 0.6) is 0 Å². The van der Waals surface area contributed by atoms with Gasteiger partial charge in [0.15, 0.2) is 0 Å². The largest absolute Gasteiger partial charge is 0.331 e. The number of benzene rings is 1. The third-order valence-electron chi connectivity index (χ3n) is 3.17. The molecule has 1 aromatic carbocycles. The number of alkyl halides is 2. The van der Waals surface area contributed by atoms with Crippen LogP contribution >= 0.6 is 0 Å². The van der Waals surface area contributed by atoms with Gasteiger partial charge in [-0.15, -0.1) is 0 Å². The van der Waals surface area contributed by atoms with Crippen LogP contribution in [0.1, 0.15) is 17.7 Å². The molecular weight excluding hydrogens is 293 g/mol. The summed E-state index contributed by atoms with van der Waals surface area (Å²) < 4.78 is 40.7. The number of halogens is 3. The molecule has 0 atom stereocenters. The summed E-state index contributed by atoms with van der Waals surface area (Å²) in [6, 6.07) is 5.35. The van der Waals surface area contributed by atoms with Gasteiger partial charge in [-0.3, -0.25) is 0 Å². The van der Waals surface area contributed by atoms with Crippen molar-refractivity contribution in [3.05, 3.63) is 66.3 Å². The van der Waals surface area contributed by atoms with E-state index in [4.69, 9.17) is 0 Å². The van der Waals surface area contributed by atoms with Gasteiger partial charge in [0.1, 0.15) is 5.82 Å². The molecule has 0 saturated carbocycles. The van der Waals surface area contributed by atoms with Crippen LogP contribution in [0.25, 0.3) is 11.1 Å². The van der Waals surface area contributed by atoms with E-state index < -0.39 is 17.8 Å². The summed E-state index contributed by atoms with van der Waals surface area (Å²) in [5.74, 6) is -0.917. The average molecular weight is 304 g/mol. The first-order valence-electron chi connectivity index (χ1n) is 6.49. The topological polar surface area (TPSA) is 43.6 Å². The van der Waals surface area contributed by atoms with Crippen LogP contribution in [-0.4, -0.2) is 19.7 Å². The first kappa shape index (κ1) is 14.2. The van der Waals surface area contributed by atoms with Gasteiger partial charge in [-0.1, -0.05) is 6.07 Å². The Labute approximate surface area is 124 Å². The molecule has 0 bridgehead atoms. The molecule has 2 heterocycles. The second-order valence-corrected chi connectivity index (χ2v) is 4.71. The molecule has 4 nitrogen and oxygen atoms in total. The Bertz CT molecular complexity index is 772. The van der Waals surface area contributed by atoms with Crippen LogP contribution in [-0.2, 0) is 6.54 Å². The monoisotopic (exact) mass is 304 g/mol. The lowest BCUT2D eigenvalue weighted by molar-refractivity contribution is 0.146. The first-order valence-corrected chi connectivity index (χ1v) is 6.49. The molecule has 3 rings (SSSR count). The number of hydrogen-bond donors (Lipinski definition) is 0. The van der Waals surface area contributed by atoms with Crippen molar-refractivity contribution in [2.45, 2.75) is 13.0 Å². The number of rotatable bonds is 4. The zero-order chi connectivity index (χ0) is 15.5. The number of hydrogen-bond acceptors (Lipinski definition) is 3. The highest BCUT2D eigenvalue weighted by atomic mass is 19.3. The quantitative estimate of drug-likeness (QED) is 0.741. The predicted molar refractivity (Wildman–Crippen MR) is 73.7 cm³/mol. The number of nitrogens with zero attached hydrogens (tertiary/aromatic N) is 4. The molecule has 2 aromatic heterocycles. The van der Waals surface area contributed by atoms with Gasteiger partial charge in [0.25, 0.3) is 6.43 Å². The Morgan fingerprint density at radius 1 is 1.14 bits per heavy atom. The first-order chi connectivity index (χ1) is 10.6. The van der Waals surface area contributed by atoms with Crippen molar-refractivity contribution in [3.63, 3.8) is 0 Å². The maximum atomic E-state index is 13.3. The average Bonchev–Trinajstić information content (AvgIpc) is 3.00. The van der Waals surface area contributed by atoms with Crippen molar-refractivity contribution in [3.8, 4) is 11.1 Å². The fraction of sp³-hybridized carbons (Fsp3) is 0.133. The molecule has 0 aliphatic carbocycles. The van der Waals surface area contributed by atoms with Crippen LogP contribution in [0.4, 0.5) is 13.2 Å². The zero-order valence-corrected chi connectivity index (χ0v) is 11.3. The fourth-order valence-corrected chi connectivity index (χ4v) is 2.10. The van der Waals surface area contributed by atoms with Crippen LogP contribution < -0.4 is 0 Å². The van der Waals surface area contributed by atoms with Crippen molar-refractivity contribution in [1.82, 2.24) is 19.7 Å². The SMILES string of the molecule is Fc1ccc(-c2cnnc(Cn3ccnc3)c2)cc1C(F)F. The molecule has 0 N–H and O–H groups in total. The molecule has 0 radical (unpaired) electrons. The van der Waals surface area contributed by atoms with E-state index >= 15 is 0 Å². The summed E-state index contributed by atoms with van der Waals surface area (Å²) >= 11 is 0. The highest BCUT2D eigenvalue weighted by Gasteiger charge is 2.14. The van der Waals surface area contributed by atoms with Crippen molar-refractivity contribution in [2.24, 2.45) is 0 Å². The highest BCUT2D eigenvalue weighted by Crippen LogP contribution is 2.28. The molecule has 0 spiro atoms. The highest BCUT2D eigenvalue weighted by molar-refractivity contribution is 5.63. The van der Waals surface area contributed by atoms with Gasteiger partial charge in [-0.05, 0) is 23.8 Å². The Morgan fingerprint density at radius 2 is 2.00 bits per heavy atom. The van der Waals surface area contributed by atoms with E-state index in [1.807, 2.05) is 4.57 Å². The summed E-state index contributed by atoms with van der Waals surface area (Å²) in [7, 11) is 0. The molecular formula is C15H11F3N4. The standard InChI is InChI=1S/C15H11F3N4/c16-14-2-1-10(6-13(14)15(17)18)11-5-12(21-20-7-11)8-22-4-3-19-9-22/h1-7,9,15H,8H2. The third-order valence-corrected chi connectivity index (χ3v) is 3.17. The van der Waals surface area contributed by atoms with E-state index in [-0.39, 0.29) is 0 Å². The van der Waals surface area contributed by atoms with Crippen LogP contribution in [0.2, 0.25) is 0 Å². The Hall–Kier alpha value is -2.70. The second-order valence-electron chi connectivity index (χ2n) is 4.71. The lowest BCUT2D eigenvalue weighted by Crippen LogP contribution is -2.01. The Morgan fingerprint density at radius 3 is 2.73 bits per heavy atom. The van der Waals surface area contributed by atoms with Crippen LogP contribution in [0, 0.1) is 5.82 Å². The molecule has 0 saturated heterocycles. The minimum absolute atomic E-state index is 0.462. The van der Waals surface area contributed by atoms with Gasteiger partial charge in [0.05, 0.1) is 30.3 Å². The van der Waals surface area contributed by atoms with E-state index in [1.165, 1.54) is 12.3 Å². The predicted octanol–water partition coefficient (Wildman–Crippen LogP) is 3.47. The maximum Gasteiger partial charge on any atom is 0.266 e. The fourth-order valence-electron chi connectivity index (χ4n) is 2.10. The summed E-state index contributed by atoms with van der Waals surface area (Å²) in [4.78, 5) is 3.93. The molecule has 3 aromatic rings. The van der Waals surface area contributed by atoms with E-state index in [0.29, 0.717) is 23.4 Å². The molecule has 0 aliphatic heterocycles. The van der Waals surface area contributed by atoms with E-state index in [0.717, 1.165) is 12.1 Å². The van der Waals surface area contributed by atoms with Crippen molar-refractivity contribution in [1.29, 1.82) is 0 Å². The van der Waals surface area contributed by atoms with Gasteiger partial charge >= 0.3 is 0 Å². The lowest BCUT2D eigenvalue weighted by Gasteiger charge is -2.07. The third kappa shape index (κ3) is 2.98. The zero-order valence-electron chi connectivity index (χ0n) is 11.3. The van der Waals surface area contributed by atoms with Gasteiger partial charge in [0, 0.05) is 18.0 Å². The molecule has 112 valence electrons. The maximum absolute atomic E-state index is 13.3. The molecule has 0 fully saturated rings. The summed E-state index contributed by atoms with van der Waals surface area (Å²) in [6.07, 6.45) is 3.66. The second kappa shape index (κ2) is 5.97. The van der Waals surface area contributed by atoms with Gasteiger partial charge < -0.3 is 4.57 Å². The van der Waals surface area contributed by atoms with Crippen molar-refractivity contribution < 1.29 is 13.2 Å². The molecule has 0 unspecified atom stereocenters. The Balaban J connectivity index is 1.93. The Kier molecular flexibility index (Phi) is 3.86. The minimum Gasteiger partial charge on any atom is -0.331 e. The van der Waals surface area contributed by atoms with Gasteiger partial charge in [-0.25, -0.2) is 18.2 Å². The molecule has 22 heavy (non-hydrogen) atoms. The summed E-state index contributed by atoms with van der Waals surface area (Å²) in [5.41, 5.74) is 1.11. The summed E-state index contributed by atoms with van der Waals surface area (Å²) in [6.45, 7) is 0.462. The van der Waals surface area contributed by atoms with Gasteiger partial charge in [-0.2, -0.15) is 10.2 Å². The van der Waals surface area contributed by atoms with E-state index in [9.17, 15) is 13.2 Å². The number of imidazole rings is 1. The van der Waals surface area contributed by atoms with Gasteiger partial charge in [0.2, 0.25) is 0 Å². The minimum atomic E-state index is -2.86. The lowest BCUT2D eigenvalue weighted by atomic mass is 10.0. The van der Waals surface area contributed by atoms with E-state index in [2.05, 4.69) is 15.2 Å². The molecule has 0 amide bonds.